The lowest BCUT2D eigenvalue weighted by atomic mass is 10.1. The average molecular weight is 333 g/mol. The molecule has 1 heterocycles. The van der Waals surface area contributed by atoms with Crippen molar-refractivity contribution in [3.63, 3.8) is 0 Å². The lowest BCUT2D eigenvalue weighted by molar-refractivity contribution is 0.0996. The highest BCUT2D eigenvalue weighted by atomic mass is 16.5. The van der Waals surface area contributed by atoms with Gasteiger partial charge in [-0.2, -0.15) is 5.26 Å². The Hall–Kier alpha value is -3.59. The summed E-state index contributed by atoms with van der Waals surface area (Å²) in [5, 5.41) is 9.55. The van der Waals surface area contributed by atoms with Gasteiger partial charge in [-0.05, 0) is 43.3 Å². The molecule has 6 heteroatoms. The van der Waals surface area contributed by atoms with Gasteiger partial charge in [0.25, 0.3) is 5.91 Å². The highest BCUT2D eigenvalue weighted by molar-refractivity contribution is 5.96. The summed E-state index contributed by atoms with van der Waals surface area (Å²) in [4.78, 5) is 16.2. The van der Waals surface area contributed by atoms with Crippen LogP contribution >= 0.6 is 0 Å². The number of hydrogen-bond donors (Lipinski definition) is 1. The Balaban J connectivity index is 2.25. The van der Waals surface area contributed by atoms with Crippen molar-refractivity contribution in [1.29, 1.82) is 5.26 Å². The number of nitrogens with zero attached hydrogens (tertiary/aromatic N) is 2. The highest BCUT2D eigenvalue weighted by Gasteiger charge is 2.12. The van der Waals surface area contributed by atoms with Crippen LogP contribution in [-0.4, -0.2) is 12.5 Å². The van der Waals surface area contributed by atoms with Gasteiger partial charge in [0.15, 0.2) is 11.3 Å². The topological polar surface area (TPSA) is 102 Å². The van der Waals surface area contributed by atoms with Gasteiger partial charge in [-0.25, -0.2) is 4.99 Å². The van der Waals surface area contributed by atoms with Crippen LogP contribution in [0.1, 0.15) is 22.8 Å². The number of amides is 1. The van der Waals surface area contributed by atoms with E-state index in [0.29, 0.717) is 34.6 Å². The van der Waals surface area contributed by atoms with Crippen molar-refractivity contribution < 1.29 is 13.9 Å². The number of nitrogens with two attached hydrogens (primary N) is 1. The summed E-state index contributed by atoms with van der Waals surface area (Å²) in [6.45, 7) is 2.35. The second kappa shape index (κ2) is 6.89. The molecule has 3 aromatic rings. The van der Waals surface area contributed by atoms with Crippen LogP contribution in [-0.2, 0) is 0 Å². The van der Waals surface area contributed by atoms with Crippen LogP contribution in [0.5, 0.6) is 5.75 Å². The summed E-state index contributed by atoms with van der Waals surface area (Å²) in [6, 6.07) is 15.7. The van der Waals surface area contributed by atoms with Gasteiger partial charge in [0, 0.05) is 5.39 Å². The third-order valence-corrected chi connectivity index (χ3v) is 3.53. The van der Waals surface area contributed by atoms with Crippen molar-refractivity contribution in [3.05, 3.63) is 65.2 Å². The third kappa shape index (κ3) is 3.35. The molecule has 0 saturated heterocycles. The molecule has 0 atom stereocenters. The number of primary amides is 1. The molecule has 0 unspecified atom stereocenters. The maximum absolute atomic E-state index is 11.8. The molecule has 0 saturated carbocycles. The van der Waals surface area contributed by atoms with Crippen molar-refractivity contribution in [1.82, 2.24) is 0 Å². The highest BCUT2D eigenvalue weighted by Crippen LogP contribution is 2.25. The molecule has 25 heavy (non-hydrogen) atoms. The molecule has 0 spiro atoms. The summed E-state index contributed by atoms with van der Waals surface area (Å²) in [6.07, 6.45) is 0. The molecule has 0 fully saturated rings. The van der Waals surface area contributed by atoms with Crippen molar-refractivity contribution in [2.24, 2.45) is 10.7 Å². The number of ether oxygens (including phenoxy) is 1. The van der Waals surface area contributed by atoms with Gasteiger partial charge < -0.3 is 14.9 Å². The van der Waals surface area contributed by atoms with E-state index < -0.39 is 5.91 Å². The monoisotopic (exact) mass is 333 g/mol. The summed E-state index contributed by atoms with van der Waals surface area (Å²) in [5.41, 5.74) is 7.28. The summed E-state index contributed by atoms with van der Waals surface area (Å²) < 4.78 is 11.4. The first kappa shape index (κ1) is 16.3. The Morgan fingerprint density at radius 2 is 2.04 bits per heavy atom. The van der Waals surface area contributed by atoms with E-state index in [4.69, 9.17) is 20.1 Å². The third-order valence-electron chi connectivity index (χ3n) is 3.53. The fraction of sp³-hybridized carbons (Fsp3) is 0.105. The van der Waals surface area contributed by atoms with Gasteiger partial charge in [-0.3, -0.25) is 4.79 Å². The van der Waals surface area contributed by atoms with E-state index in [-0.39, 0.29) is 11.1 Å². The minimum atomic E-state index is -0.639. The molecule has 1 aromatic heterocycles. The quantitative estimate of drug-likeness (QED) is 0.792. The smallest absolute Gasteiger partial charge is 0.254 e. The second-order valence-corrected chi connectivity index (χ2v) is 5.21. The van der Waals surface area contributed by atoms with Crippen LogP contribution in [0.4, 0.5) is 5.69 Å². The first-order chi connectivity index (χ1) is 12.1. The van der Waals surface area contributed by atoms with E-state index in [1.807, 2.05) is 19.1 Å². The largest absolute Gasteiger partial charge is 0.490 e. The molecule has 2 aromatic carbocycles. The van der Waals surface area contributed by atoms with E-state index in [0.717, 1.165) is 0 Å². The summed E-state index contributed by atoms with van der Waals surface area (Å²) in [7, 11) is 0. The van der Waals surface area contributed by atoms with Crippen LogP contribution in [0, 0.1) is 11.3 Å². The predicted octanol–water partition coefficient (Wildman–Crippen LogP) is 3.03. The molecule has 0 bridgehead atoms. The molecule has 1 amide bonds. The maximum Gasteiger partial charge on any atom is 0.254 e. The number of para-hydroxylation sites is 1. The Labute approximate surface area is 143 Å². The van der Waals surface area contributed by atoms with Gasteiger partial charge in [0.2, 0.25) is 5.55 Å². The minimum absolute atomic E-state index is 0.0943. The van der Waals surface area contributed by atoms with E-state index in [1.54, 1.807) is 42.5 Å². The Morgan fingerprint density at radius 1 is 1.28 bits per heavy atom. The molecular weight excluding hydrogens is 318 g/mol. The molecule has 0 aliphatic rings. The van der Waals surface area contributed by atoms with Crippen LogP contribution < -0.4 is 16.0 Å². The van der Waals surface area contributed by atoms with E-state index in [1.165, 1.54) is 0 Å². The number of hydrogen-bond acceptors (Lipinski definition) is 5. The predicted molar refractivity (Wildman–Crippen MR) is 92.3 cm³/mol. The van der Waals surface area contributed by atoms with Crippen LogP contribution in [0.2, 0.25) is 0 Å². The lowest BCUT2D eigenvalue weighted by Crippen LogP contribution is -2.21. The first-order valence-electron chi connectivity index (χ1n) is 7.66. The lowest BCUT2D eigenvalue weighted by Gasteiger charge is -2.07. The van der Waals surface area contributed by atoms with Crippen molar-refractivity contribution in [2.75, 3.05) is 6.61 Å². The fourth-order valence-electron chi connectivity index (χ4n) is 2.38. The van der Waals surface area contributed by atoms with Gasteiger partial charge in [-0.1, -0.05) is 12.1 Å². The summed E-state index contributed by atoms with van der Waals surface area (Å²) in [5.74, 6) is -0.0767. The van der Waals surface area contributed by atoms with Gasteiger partial charge in [0.1, 0.15) is 5.56 Å². The Bertz CT molecular complexity index is 1040. The Kier molecular flexibility index (Phi) is 4.48. The maximum atomic E-state index is 11.8. The molecule has 6 nitrogen and oxygen atoms in total. The molecule has 3 rings (SSSR count). The molecule has 0 aliphatic heterocycles. The number of fused-ring (bicyclic) bond motifs is 1. The van der Waals surface area contributed by atoms with Crippen molar-refractivity contribution >= 4 is 22.6 Å². The van der Waals surface area contributed by atoms with Crippen LogP contribution in [0.15, 0.2) is 57.9 Å². The van der Waals surface area contributed by atoms with Gasteiger partial charge in [-0.15, -0.1) is 0 Å². The van der Waals surface area contributed by atoms with Crippen LogP contribution in [0.3, 0.4) is 0 Å². The standard InChI is InChI=1S/C19H15N3O3/c1-2-24-16-5-3-4-13-10-15(18(21)23)19(25-17(13)16)22-14-8-6-12(11-20)7-9-14/h3-10H,2H2,1H3,(H2,21,23). The zero-order valence-electron chi connectivity index (χ0n) is 13.5. The zero-order chi connectivity index (χ0) is 17.8. The van der Waals surface area contributed by atoms with E-state index in [2.05, 4.69) is 4.99 Å². The van der Waals surface area contributed by atoms with Crippen molar-refractivity contribution in [3.8, 4) is 11.8 Å². The average Bonchev–Trinajstić information content (AvgIpc) is 2.62. The summed E-state index contributed by atoms with van der Waals surface area (Å²) >= 11 is 0. The number of carbonyl (C=O) groups excluding carboxylic acids is 1. The minimum Gasteiger partial charge on any atom is -0.490 e. The molecule has 0 aliphatic carbocycles. The Morgan fingerprint density at radius 3 is 2.68 bits per heavy atom. The normalized spacial score (nSPS) is 11.3. The van der Waals surface area contributed by atoms with E-state index >= 15 is 0 Å². The molecule has 2 N–H and O–H groups in total. The van der Waals surface area contributed by atoms with Crippen molar-refractivity contribution in [2.45, 2.75) is 6.92 Å². The number of carbonyl (C=O) groups is 1. The molecular formula is C19H15N3O3. The second-order valence-electron chi connectivity index (χ2n) is 5.21. The molecule has 124 valence electrons. The number of nitriles is 1. The number of rotatable bonds is 4. The van der Waals surface area contributed by atoms with Crippen LogP contribution in [0.25, 0.3) is 11.0 Å². The first-order valence-corrected chi connectivity index (χ1v) is 7.66. The SMILES string of the molecule is CCOc1cccc2cc(C(N)=O)c(=Nc3ccc(C#N)cc3)oc12. The fourth-order valence-corrected chi connectivity index (χ4v) is 2.38. The number of benzene rings is 2. The van der Waals surface area contributed by atoms with Gasteiger partial charge >= 0.3 is 0 Å². The van der Waals surface area contributed by atoms with Gasteiger partial charge in [0.05, 0.1) is 23.9 Å². The van der Waals surface area contributed by atoms with E-state index in [9.17, 15) is 4.79 Å². The zero-order valence-corrected chi connectivity index (χ0v) is 13.5. The molecule has 0 radical (unpaired) electrons.